The van der Waals surface area contributed by atoms with E-state index >= 15 is 0 Å². The molecule has 4 nitrogen and oxygen atoms in total. The maximum Gasteiger partial charge on any atom is 0.397 e. The van der Waals surface area contributed by atoms with Gasteiger partial charge in [0.05, 0.1) is 6.61 Å². The van der Waals surface area contributed by atoms with Crippen LogP contribution in [0.1, 0.15) is 84.5 Å². The summed E-state index contributed by atoms with van der Waals surface area (Å²) in [4.78, 5) is 0. The Kier molecular flexibility index (Phi) is 12.5. The third-order valence-electron chi connectivity index (χ3n) is 3.64. The van der Waals surface area contributed by atoms with Gasteiger partial charge < -0.3 is 0 Å². The van der Waals surface area contributed by atoms with Gasteiger partial charge in [0.2, 0.25) is 0 Å². The van der Waals surface area contributed by atoms with E-state index in [1.54, 1.807) is 0 Å². The van der Waals surface area contributed by atoms with Gasteiger partial charge in [0.25, 0.3) is 0 Å². The Bertz CT molecular complexity index is 301. The molecular formula is C15H32O4S. The van der Waals surface area contributed by atoms with Crippen molar-refractivity contribution >= 4 is 10.4 Å². The number of unbranched alkanes of at least 4 members (excludes halogenated alkanes) is 8. The molecule has 0 radical (unpaired) electrons. The average Bonchev–Trinajstić information content (AvgIpc) is 2.35. The van der Waals surface area contributed by atoms with Crippen LogP contribution in [0.2, 0.25) is 0 Å². The molecule has 0 aromatic carbocycles. The minimum Gasteiger partial charge on any atom is -0.264 e. The van der Waals surface area contributed by atoms with Crippen LogP contribution in [0.4, 0.5) is 0 Å². The average molecular weight is 308 g/mol. The van der Waals surface area contributed by atoms with Gasteiger partial charge in [0, 0.05) is 0 Å². The summed E-state index contributed by atoms with van der Waals surface area (Å²) in [5.74, 6) is 0.446. The molecule has 1 unspecified atom stereocenters. The lowest BCUT2D eigenvalue weighted by molar-refractivity contribution is 0.245. The number of rotatable bonds is 14. The molecule has 0 aliphatic carbocycles. The predicted molar refractivity (Wildman–Crippen MR) is 83.1 cm³/mol. The maximum atomic E-state index is 10.4. The molecule has 5 heteroatoms. The summed E-state index contributed by atoms with van der Waals surface area (Å²) in [6.45, 7) is 4.41. The molecule has 20 heavy (non-hydrogen) atoms. The van der Waals surface area contributed by atoms with Crippen molar-refractivity contribution in [1.29, 1.82) is 0 Å². The highest BCUT2D eigenvalue weighted by Gasteiger charge is 2.07. The van der Waals surface area contributed by atoms with Gasteiger partial charge in [-0.15, -0.1) is 0 Å². The van der Waals surface area contributed by atoms with Crippen LogP contribution < -0.4 is 0 Å². The highest BCUT2D eigenvalue weighted by Crippen LogP contribution is 2.15. The lowest BCUT2D eigenvalue weighted by atomic mass is 9.99. The lowest BCUT2D eigenvalue weighted by Crippen LogP contribution is -2.08. The largest absolute Gasteiger partial charge is 0.397 e. The molecule has 0 amide bonds. The van der Waals surface area contributed by atoms with Crippen molar-refractivity contribution in [3.8, 4) is 0 Å². The van der Waals surface area contributed by atoms with Crippen LogP contribution in [0.15, 0.2) is 0 Å². The molecule has 122 valence electrons. The van der Waals surface area contributed by atoms with Crippen LogP contribution in [-0.2, 0) is 14.6 Å². The zero-order valence-electron chi connectivity index (χ0n) is 13.1. The van der Waals surface area contributed by atoms with Crippen LogP contribution in [0.25, 0.3) is 0 Å². The van der Waals surface area contributed by atoms with Crippen molar-refractivity contribution in [3.05, 3.63) is 0 Å². The van der Waals surface area contributed by atoms with E-state index in [1.807, 2.05) is 0 Å². The van der Waals surface area contributed by atoms with E-state index < -0.39 is 10.4 Å². The summed E-state index contributed by atoms with van der Waals surface area (Å²) in [5.41, 5.74) is 0. The quantitative estimate of drug-likeness (QED) is 0.371. The molecule has 0 aliphatic rings. The zero-order chi connectivity index (χ0) is 15.3. The minimum atomic E-state index is -4.26. The molecule has 1 N–H and O–H groups in total. The number of hydrogen-bond acceptors (Lipinski definition) is 3. The van der Waals surface area contributed by atoms with Gasteiger partial charge in [-0.2, -0.15) is 8.42 Å². The second kappa shape index (κ2) is 12.6. The summed E-state index contributed by atoms with van der Waals surface area (Å²) in [6.07, 6.45) is 13.7. The van der Waals surface area contributed by atoms with Crippen LogP contribution in [0.5, 0.6) is 0 Å². The Labute approximate surface area is 125 Å². The van der Waals surface area contributed by atoms with Gasteiger partial charge in [0.15, 0.2) is 0 Å². The van der Waals surface area contributed by atoms with Gasteiger partial charge in [-0.05, 0) is 12.3 Å². The number of hydrogen-bond donors (Lipinski definition) is 1. The minimum absolute atomic E-state index is 0.0808. The first-order chi connectivity index (χ1) is 9.45. The van der Waals surface area contributed by atoms with Crippen molar-refractivity contribution in [2.45, 2.75) is 84.5 Å². The van der Waals surface area contributed by atoms with Gasteiger partial charge in [0.1, 0.15) is 0 Å². The highest BCUT2D eigenvalue weighted by atomic mass is 32.3. The van der Waals surface area contributed by atoms with Crippen molar-refractivity contribution in [2.24, 2.45) is 5.92 Å². The molecule has 0 rings (SSSR count). The Morgan fingerprint density at radius 3 is 1.90 bits per heavy atom. The molecule has 0 bridgehead atoms. The van der Waals surface area contributed by atoms with Crippen LogP contribution in [0, 0.1) is 5.92 Å². The first kappa shape index (κ1) is 19.9. The highest BCUT2D eigenvalue weighted by molar-refractivity contribution is 7.80. The molecule has 0 aliphatic heterocycles. The molecule has 0 aromatic heterocycles. The topological polar surface area (TPSA) is 63.6 Å². The fourth-order valence-electron chi connectivity index (χ4n) is 2.30. The van der Waals surface area contributed by atoms with Crippen molar-refractivity contribution in [2.75, 3.05) is 6.61 Å². The summed E-state index contributed by atoms with van der Waals surface area (Å²) in [6, 6.07) is 0. The monoisotopic (exact) mass is 308 g/mol. The molecule has 0 heterocycles. The van der Waals surface area contributed by atoms with Crippen molar-refractivity contribution in [1.82, 2.24) is 0 Å². The van der Waals surface area contributed by atoms with Crippen LogP contribution in [0.3, 0.4) is 0 Å². The van der Waals surface area contributed by atoms with E-state index in [2.05, 4.69) is 18.0 Å². The lowest BCUT2D eigenvalue weighted by Gasteiger charge is -2.10. The van der Waals surface area contributed by atoms with Crippen molar-refractivity contribution < 1.29 is 17.2 Å². The van der Waals surface area contributed by atoms with Crippen LogP contribution >= 0.6 is 0 Å². The van der Waals surface area contributed by atoms with Crippen molar-refractivity contribution in [3.63, 3.8) is 0 Å². The third kappa shape index (κ3) is 15.9. The molecular weight excluding hydrogens is 276 g/mol. The summed E-state index contributed by atoms with van der Waals surface area (Å²) >= 11 is 0. The summed E-state index contributed by atoms with van der Waals surface area (Å²) in [5, 5.41) is 0. The Hall–Kier alpha value is -0.130. The standard InChI is InChI=1S/C15H32O4S/c1-3-4-5-6-7-8-9-10-11-12-15(2)13-14-19-20(16,17)18/h15H,3-14H2,1-2H3,(H,16,17,18). The predicted octanol–water partition coefficient (Wildman–Crippen LogP) is 4.75. The fraction of sp³-hybridized carbons (Fsp3) is 1.00. The molecule has 0 saturated carbocycles. The van der Waals surface area contributed by atoms with Gasteiger partial charge in [-0.1, -0.05) is 78.1 Å². The van der Waals surface area contributed by atoms with E-state index in [0.29, 0.717) is 12.3 Å². The first-order valence-electron chi connectivity index (χ1n) is 8.07. The Morgan fingerprint density at radius 2 is 1.40 bits per heavy atom. The maximum absolute atomic E-state index is 10.4. The van der Waals surface area contributed by atoms with E-state index in [1.165, 1.54) is 57.8 Å². The second-order valence-corrected chi connectivity index (χ2v) is 6.85. The Morgan fingerprint density at radius 1 is 0.900 bits per heavy atom. The van der Waals surface area contributed by atoms with E-state index in [0.717, 1.165) is 6.42 Å². The summed E-state index contributed by atoms with van der Waals surface area (Å²) in [7, 11) is -4.26. The van der Waals surface area contributed by atoms with Crippen LogP contribution in [-0.4, -0.2) is 19.6 Å². The molecule has 0 fully saturated rings. The SMILES string of the molecule is CCCCCCCCCCCC(C)CCOS(=O)(=O)O. The fourth-order valence-corrected chi connectivity index (χ4v) is 2.61. The van der Waals surface area contributed by atoms with Gasteiger partial charge in [-0.3, -0.25) is 4.55 Å². The smallest absolute Gasteiger partial charge is 0.264 e. The molecule has 0 spiro atoms. The van der Waals surface area contributed by atoms with E-state index in [4.69, 9.17) is 4.55 Å². The summed E-state index contributed by atoms with van der Waals surface area (Å²) < 4.78 is 33.5. The second-order valence-electron chi connectivity index (χ2n) is 5.76. The molecule has 1 atom stereocenters. The van der Waals surface area contributed by atoms with Gasteiger partial charge in [-0.25, -0.2) is 4.18 Å². The Balaban J connectivity index is 3.25. The molecule has 0 saturated heterocycles. The first-order valence-corrected chi connectivity index (χ1v) is 9.44. The normalized spacial score (nSPS) is 13.6. The zero-order valence-corrected chi connectivity index (χ0v) is 14.0. The van der Waals surface area contributed by atoms with E-state index in [9.17, 15) is 8.42 Å². The third-order valence-corrected chi connectivity index (χ3v) is 4.11. The van der Waals surface area contributed by atoms with E-state index in [-0.39, 0.29) is 6.61 Å². The van der Waals surface area contributed by atoms with Gasteiger partial charge >= 0.3 is 10.4 Å². The molecule has 0 aromatic rings.